The Morgan fingerprint density at radius 3 is 2.80 bits per heavy atom. The first kappa shape index (κ1) is 16.3. The molecular formula is C16H26N2O2. The first-order chi connectivity index (χ1) is 9.58. The van der Waals surface area contributed by atoms with Crippen LogP contribution in [0.5, 0.6) is 5.75 Å². The lowest BCUT2D eigenvalue weighted by atomic mass is 10.2. The van der Waals surface area contributed by atoms with Crippen LogP contribution in [-0.4, -0.2) is 38.1 Å². The molecule has 0 unspecified atom stereocenters. The molecule has 1 aromatic carbocycles. The molecule has 20 heavy (non-hydrogen) atoms. The van der Waals surface area contributed by atoms with Crippen molar-refractivity contribution in [3.63, 3.8) is 0 Å². The highest BCUT2D eigenvalue weighted by atomic mass is 16.5. The van der Waals surface area contributed by atoms with Gasteiger partial charge in [-0.1, -0.05) is 19.4 Å². The Kier molecular flexibility index (Phi) is 6.91. The number of anilines is 1. The molecule has 1 aromatic rings. The molecule has 0 aliphatic carbocycles. The molecule has 1 N–H and O–H groups in total. The number of hydrogen-bond acceptors (Lipinski definition) is 3. The lowest BCUT2D eigenvalue weighted by Gasteiger charge is -2.17. The number of ether oxygens (including phenoxy) is 1. The van der Waals surface area contributed by atoms with E-state index in [-0.39, 0.29) is 5.91 Å². The van der Waals surface area contributed by atoms with E-state index >= 15 is 0 Å². The fourth-order valence-electron chi connectivity index (χ4n) is 1.97. The normalized spacial score (nSPS) is 10.2. The Morgan fingerprint density at radius 2 is 2.15 bits per heavy atom. The maximum absolute atomic E-state index is 11.9. The van der Waals surface area contributed by atoms with Crippen molar-refractivity contribution in [2.75, 3.05) is 32.6 Å². The number of nitrogens with zero attached hydrogens (tertiary/aromatic N) is 1. The Bertz CT molecular complexity index is 432. The summed E-state index contributed by atoms with van der Waals surface area (Å²) in [6.45, 7) is 5.62. The Labute approximate surface area is 122 Å². The van der Waals surface area contributed by atoms with Crippen LogP contribution >= 0.6 is 0 Å². The van der Waals surface area contributed by atoms with Crippen molar-refractivity contribution >= 4 is 11.6 Å². The molecule has 0 aromatic heterocycles. The van der Waals surface area contributed by atoms with Crippen LogP contribution < -0.4 is 10.1 Å². The monoisotopic (exact) mass is 278 g/mol. The van der Waals surface area contributed by atoms with Crippen molar-refractivity contribution in [2.24, 2.45) is 0 Å². The molecule has 0 heterocycles. The van der Waals surface area contributed by atoms with Crippen molar-refractivity contribution in [3.05, 3.63) is 23.8 Å². The summed E-state index contributed by atoms with van der Waals surface area (Å²) in [7, 11) is 3.52. The molecule has 0 spiro atoms. The van der Waals surface area contributed by atoms with E-state index < -0.39 is 0 Å². The van der Waals surface area contributed by atoms with Crippen molar-refractivity contribution in [2.45, 2.75) is 33.1 Å². The molecule has 0 radical (unpaired) electrons. The molecule has 0 atom stereocenters. The highest BCUT2D eigenvalue weighted by Gasteiger charge is 2.08. The van der Waals surface area contributed by atoms with Crippen molar-refractivity contribution in [1.29, 1.82) is 0 Å². The molecular weight excluding hydrogens is 252 g/mol. The van der Waals surface area contributed by atoms with Crippen LogP contribution in [-0.2, 0) is 4.79 Å². The second-order valence-corrected chi connectivity index (χ2v) is 5.05. The number of hydrogen-bond donors (Lipinski definition) is 1. The van der Waals surface area contributed by atoms with Gasteiger partial charge in [0.15, 0.2) is 0 Å². The van der Waals surface area contributed by atoms with E-state index in [0.29, 0.717) is 13.0 Å². The number of methoxy groups -OCH3 is 1. The largest absolute Gasteiger partial charge is 0.495 e. The summed E-state index contributed by atoms with van der Waals surface area (Å²) in [6, 6.07) is 5.98. The van der Waals surface area contributed by atoms with Gasteiger partial charge >= 0.3 is 0 Å². The molecule has 1 rings (SSSR count). The molecule has 0 aliphatic rings. The van der Waals surface area contributed by atoms with Gasteiger partial charge in [0.05, 0.1) is 12.8 Å². The van der Waals surface area contributed by atoms with E-state index in [2.05, 4.69) is 12.2 Å². The Morgan fingerprint density at radius 1 is 1.40 bits per heavy atom. The van der Waals surface area contributed by atoms with Crippen LogP contribution in [0.3, 0.4) is 0 Å². The van der Waals surface area contributed by atoms with Gasteiger partial charge in [0.25, 0.3) is 0 Å². The third-order valence-electron chi connectivity index (χ3n) is 3.28. The SMILES string of the molecule is CCCCN(C)C(=O)CCNc1cc(C)ccc1OC. The zero-order valence-electron chi connectivity index (χ0n) is 13.0. The Hall–Kier alpha value is -1.71. The molecule has 0 fully saturated rings. The van der Waals surface area contributed by atoms with E-state index in [9.17, 15) is 4.79 Å². The van der Waals surface area contributed by atoms with Crippen LogP contribution in [0.1, 0.15) is 31.7 Å². The predicted molar refractivity (Wildman–Crippen MR) is 83.4 cm³/mol. The minimum Gasteiger partial charge on any atom is -0.495 e. The third-order valence-corrected chi connectivity index (χ3v) is 3.28. The summed E-state index contributed by atoms with van der Waals surface area (Å²) >= 11 is 0. The van der Waals surface area contributed by atoms with E-state index in [1.165, 1.54) is 5.56 Å². The number of amides is 1. The van der Waals surface area contributed by atoms with E-state index in [4.69, 9.17) is 4.74 Å². The molecule has 0 saturated carbocycles. The molecule has 112 valence electrons. The van der Waals surface area contributed by atoms with Gasteiger partial charge in [-0.05, 0) is 31.0 Å². The summed E-state index contributed by atoms with van der Waals surface area (Å²) in [5.74, 6) is 0.986. The van der Waals surface area contributed by atoms with Gasteiger partial charge in [-0.2, -0.15) is 0 Å². The summed E-state index contributed by atoms with van der Waals surface area (Å²) in [6.07, 6.45) is 2.66. The zero-order valence-corrected chi connectivity index (χ0v) is 13.0. The maximum Gasteiger partial charge on any atom is 0.224 e. The van der Waals surface area contributed by atoms with Gasteiger partial charge in [-0.25, -0.2) is 0 Å². The minimum atomic E-state index is 0.178. The van der Waals surface area contributed by atoms with Gasteiger partial charge in [-0.3, -0.25) is 4.79 Å². The van der Waals surface area contributed by atoms with Crippen LogP contribution in [0.4, 0.5) is 5.69 Å². The smallest absolute Gasteiger partial charge is 0.224 e. The topological polar surface area (TPSA) is 41.6 Å². The molecule has 0 bridgehead atoms. The fourth-order valence-corrected chi connectivity index (χ4v) is 1.97. The third kappa shape index (κ3) is 5.11. The standard InChI is InChI=1S/C16H26N2O2/c1-5-6-11-18(3)16(19)9-10-17-14-12-13(2)7-8-15(14)20-4/h7-8,12,17H,5-6,9-11H2,1-4H3. The van der Waals surface area contributed by atoms with Crippen molar-refractivity contribution < 1.29 is 9.53 Å². The number of nitrogens with one attached hydrogen (secondary N) is 1. The van der Waals surface area contributed by atoms with Crippen molar-refractivity contribution in [1.82, 2.24) is 4.90 Å². The molecule has 1 amide bonds. The second kappa shape index (κ2) is 8.46. The van der Waals surface area contributed by atoms with Crippen LogP contribution in [0.2, 0.25) is 0 Å². The van der Waals surface area contributed by atoms with E-state index in [1.54, 1.807) is 12.0 Å². The summed E-state index contributed by atoms with van der Waals surface area (Å²) in [4.78, 5) is 13.7. The molecule has 0 saturated heterocycles. The minimum absolute atomic E-state index is 0.178. The first-order valence-electron chi connectivity index (χ1n) is 7.21. The first-order valence-corrected chi connectivity index (χ1v) is 7.21. The fraction of sp³-hybridized carbons (Fsp3) is 0.562. The van der Waals surface area contributed by atoms with Crippen LogP contribution in [0.25, 0.3) is 0 Å². The van der Waals surface area contributed by atoms with Gasteiger partial charge in [0.2, 0.25) is 5.91 Å². The maximum atomic E-state index is 11.9. The average molecular weight is 278 g/mol. The van der Waals surface area contributed by atoms with Crippen molar-refractivity contribution in [3.8, 4) is 5.75 Å². The molecule has 4 nitrogen and oxygen atoms in total. The quantitative estimate of drug-likeness (QED) is 0.794. The summed E-state index contributed by atoms with van der Waals surface area (Å²) in [5, 5.41) is 3.27. The lowest BCUT2D eigenvalue weighted by molar-refractivity contribution is -0.129. The van der Waals surface area contributed by atoms with Gasteiger partial charge in [0, 0.05) is 26.6 Å². The predicted octanol–water partition coefficient (Wildman–Crippen LogP) is 3.06. The second-order valence-electron chi connectivity index (χ2n) is 5.05. The van der Waals surface area contributed by atoms with Gasteiger partial charge in [0.1, 0.15) is 5.75 Å². The highest BCUT2D eigenvalue weighted by Crippen LogP contribution is 2.24. The molecule has 0 aliphatic heterocycles. The van der Waals surface area contributed by atoms with Gasteiger partial charge < -0.3 is 15.0 Å². The zero-order chi connectivity index (χ0) is 15.0. The summed E-state index contributed by atoms with van der Waals surface area (Å²) in [5.41, 5.74) is 2.11. The lowest BCUT2D eigenvalue weighted by Crippen LogP contribution is -2.29. The highest BCUT2D eigenvalue weighted by molar-refractivity contribution is 5.76. The Balaban J connectivity index is 2.44. The average Bonchev–Trinajstić information content (AvgIpc) is 2.44. The number of rotatable bonds is 8. The van der Waals surface area contributed by atoms with Crippen LogP contribution in [0.15, 0.2) is 18.2 Å². The number of aryl methyl sites for hydroxylation is 1. The summed E-state index contributed by atoms with van der Waals surface area (Å²) < 4.78 is 5.30. The van der Waals surface area contributed by atoms with E-state index in [1.807, 2.05) is 32.2 Å². The number of carbonyl (C=O) groups is 1. The number of carbonyl (C=O) groups excluding carboxylic acids is 1. The van der Waals surface area contributed by atoms with E-state index in [0.717, 1.165) is 30.8 Å². The van der Waals surface area contributed by atoms with Gasteiger partial charge in [-0.15, -0.1) is 0 Å². The number of unbranched alkanes of at least 4 members (excludes halogenated alkanes) is 1. The molecule has 4 heteroatoms. The van der Waals surface area contributed by atoms with Crippen LogP contribution in [0, 0.1) is 6.92 Å². The number of benzene rings is 1.